The molecule has 0 aromatic heterocycles. The number of nitrogens with zero attached hydrogens (tertiary/aromatic N) is 1. The van der Waals surface area contributed by atoms with Gasteiger partial charge in [-0.15, -0.1) is 0 Å². The van der Waals surface area contributed by atoms with Gasteiger partial charge in [-0.3, -0.25) is 4.79 Å². The van der Waals surface area contributed by atoms with E-state index in [0.717, 1.165) is 6.07 Å². The van der Waals surface area contributed by atoms with Crippen LogP contribution in [0.2, 0.25) is 5.02 Å². The number of benzene rings is 2. The van der Waals surface area contributed by atoms with Crippen LogP contribution in [0, 0.1) is 17.5 Å². The highest BCUT2D eigenvalue weighted by atomic mass is 35.5. The maximum Gasteiger partial charge on any atom is 0.254 e. The van der Waals surface area contributed by atoms with Gasteiger partial charge in [0.2, 0.25) is 0 Å². The van der Waals surface area contributed by atoms with Gasteiger partial charge in [-0.2, -0.15) is 0 Å². The number of halogens is 4. The van der Waals surface area contributed by atoms with E-state index in [2.05, 4.69) is 0 Å². The van der Waals surface area contributed by atoms with Crippen LogP contribution in [0.4, 0.5) is 13.2 Å². The third-order valence-electron chi connectivity index (χ3n) is 4.55. The normalized spacial score (nSPS) is 13.8. The zero-order valence-corrected chi connectivity index (χ0v) is 17.2. The van der Waals surface area contributed by atoms with E-state index in [4.69, 9.17) is 17.3 Å². The molecule has 158 valence electrons. The van der Waals surface area contributed by atoms with Crippen LogP contribution in [0.5, 0.6) is 0 Å². The molecule has 0 fully saturated rings. The molecule has 29 heavy (non-hydrogen) atoms. The summed E-state index contributed by atoms with van der Waals surface area (Å²) in [5.41, 5.74) is 5.55. The predicted octanol–water partition coefficient (Wildman–Crippen LogP) is 3.93. The Morgan fingerprint density at radius 2 is 1.66 bits per heavy atom. The summed E-state index contributed by atoms with van der Waals surface area (Å²) in [6.45, 7) is 5.27. The summed E-state index contributed by atoms with van der Waals surface area (Å²) in [7, 11) is 0. The molecule has 0 radical (unpaired) electrons. The van der Waals surface area contributed by atoms with Crippen LogP contribution >= 0.6 is 11.6 Å². The van der Waals surface area contributed by atoms with Gasteiger partial charge in [-0.25, -0.2) is 13.2 Å². The Hall–Kier alpha value is -2.09. The number of hydrogen-bond donors (Lipinski definition) is 2. The van der Waals surface area contributed by atoms with Gasteiger partial charge in [0.05, 0.1) is 6.10 Å². The fraction of sp³-hybridized carbons (Fsp3) is 0.381. The molecule has 0 aliphatic rings. The van der Waals surface area contributed by atoms with Crippen molar-refractivity contribution in [3.8, 4) is 0 Å². The number of aliphatic hydroxyl groups excluding tert-OH is 1. The van der Waals surface area contributed by atoms with Gasteiger partial charge in [0.15, 0.2) is 11.6 Å². The summed E-state index contributed by atoms with van der Waals surface area (Å²) in [6, 6.07) is 6.48. The lowest BCUT2D eigenvalue weighted by molar-refractivity contribution is 0.0329. The lowest BCUT2D eigenvalue weighted by Gasteiger charge is -2.38. The molecular weight excluding hydrogens is 405 g/mol. The quantitative estimate of drug-likeness (QED) is 0.685. The van der Waals surface area contributed by atoms with Crippen LogP contribution in [0.25, 0.3) is 0 Å². The zero-order valence-electron chi connectivity index (χ0n) is 16.4. The molecule has 3 N–H and O–H groups in total. The average molecular weight is 429 g/mol. The first kappa shape index (κ1) is 23.2. The Morgan fingerprint density at radius 3 is 2.21 bits per heavy atom. The topological polar surface area (TPSA) is 66.6 Å². The van der Waals surface area contributed by atoms with Crippen molar-refractivity contribution in [1.82, 2.24) is 4.90 Å². The first-order chi connectivity index (χ1) is 13.4. The van der Waals surface area contributed by atoms with Crippen molar-refractivity contribution in [2.45, 2.75) is 44.9 Å². The third-order valence-corrected chi connectivity index (χ3v) is 4.81. The number of hydrogen-bond acceptors (Lipinski definition) is 3. The highest BCUT2D eigenvalue weighted by Crippen LogP contribution is 2.21. The molecule has 0 saturated heterocycles. The van der Waals surface area contributed by atoms with Crippen molar-refractivity contribution in [3.05, 3.63) is 70.0 Å². The highest BCUT2D eigenvalue weighted by molar-refractivity contribution is 6.30. The molecule has 0 bridgehead atoms. The van der Waals surface area contributed by atoms with E-state index in [1.807, 2.05) is 0 Å². The molecular formula is C21H24ClF3N2O2. The number of β-amino-alcohol motifs (C(OH)–C–C–N with tert-alkyl or cyclic N) is 1. The number of nitrogens with two attached hydrogens (primary N) is 1. The molecule has 0 heterocycles. The van der Waals surface area contributed by atoms with Gasteiger partial charge in [-0.05, 0) is 63.1 Å². The minimum Gasteiger partial charge on any atom is -0.390 e. The summed E-state index contributed by atoms with van der Waals surface area (Å²) in [4.78, 5) is 14.4. The smallest absolute Gasteiger partial charge is 0.254 e. The van der Waals surface area contributed by atoms with E-state index in [9.17, 15) is 23.1 Å². The number of carbonyl (C=O) groups is 1. The highest BCUT2D eigenvalue weighted by Gasteiger charge is 2.31. The SMILES string of the molecule is CC(C)(C)N(C[C@H](O)[C@H](N)Cc1cc(F)c(F)cc1F)C(=O)c1ccc(Cl)cc1. The second-order valence-electron chi connectivity index (χ2n) is 7.89. The second-order valence-corrected chi connectivity index (χ2v) is 8.32. The maximum atomic E-state index is 13.9. The number of carbonyl (C=O) groups excluding carboxylic acids is 1. The molecule has 1 amide bonds. The molecule has 2 aromatic carbocycles. The van der Waals surface area contributed by atoms with E-state index >= 15 is 0 Å². The van der Waals surface area contributed by atoms with Crippen LogP contribution in [-0.4, -0.2) is 40.1 Å². The number of amides is 1. The molecule has 2 aromatic rings. The van der Waals surface area contributed by atoms with E-state index < -0.39 is 35.1 Å². The van der Waals surface area contributed by atoms with Crippen molar-refractivity contribution >= 4 is 17.5 Å². The molecule has 0 aliphatic heterocycles. The fourth-order valence-electron chi connectivity index (χ4n) is 2.84. The molecule has 8 heteroatoms. The van der Waals surface area contributed by atoms with E-state index in [0.29, 0.717) is 16.7 Å². The zero-order chi connectivity index (χ0) is 21.9. The van der Waals surface area contributed by atoms with Crippen molar-refractivity contribution in [2.75, 3.05) is 6.54 Å². The minimum absolute atomic E-state index is 0.128. The van der Waals surface area contributed by atoms with Gasteiger partial charge in [0.25, 0.3) is 5.91 Å². The molecule has 0 spiro atoms. The maximum absolute atomic E-state index is 13.9. The molecule has 2 atom stereocenters. The lowest BCUT2D eigenvalue weighted by Crippen LogP contribution is -2.53. The summed E-state index contributed by atoms with van der Waals surface area (Å²) in [5.74, 6) is -3.78. The standard InChI is InChI=1S/C21H24ClF3N2O2/c1-21(2,3)27(20(29)12-4-6-14(22)7-5-12)11-19(28)18(26)9-13-8-16(24)17(25)10-15(13)23/h4-8,10,18-19,28H,9,11,26H2,1-3H3/t18-,19+/m1/s1. The molecule has 0 unspecified atom stereocenters. The van der Waals surface area contributed by atoms with Gasteiger partial charge in [-0.1, -0.05) is 11.6 Å². The van der Waals surface area contributed by atoms with Crippen LogP contribution in [0.3, 0.4) is 0 Å². The lowest BCUT2D eigenvalue weighted by atomic mass is 9.98. The summed E-state index contributed by atoms with van der Waals surface area (Å²) in [6.07, 6.45) is -1.45. The van der Waals surface area contributed by atoms with Gasteiger partial charge >= 0.3 is 0 Å². The fourth-order valence-corrected chi connectivity index (χ4v) is 2.97. The Balaban J connectivity index is 2.17. The van der Waals surface area contributed by atoms with Crippen molar-refractivity contribution in [1.29, 1.82) is 0 Å². The molecule has 4 nitrogen and oxygen atoms in total. The van der Waals surface area contributed by atoms with Gasteiger partial charge in [0, 0.05) is 34.8 Å². The summed E-state index contributed by atoms with van der Waals surface area (Å²) in [5, 5.41) is 11.0. The predicted molar refractivity (Wildman–Crippen MR) is 106 cm³/mol. The Labute approximate surface area is 173 Å². The first-order valence-electron chi connectivity index (χ1n) is 9.04. The molecule has 0 saturated carbocycles. The van der Waals surface area contributed by atoms with Crippen LogP contribution in [0.15, 0.2) is 36.4 Å². The van der Waals surface area contributed by atoms with Crippen LogP contribution in [-0.2, 0) is 6.42 Å². The number of aliphatic hydroxyl groups is 1. The third kappa shape index (κ3) is 5.95. The van der Waals surface area contributed by atoms with E-state index in [1.54, 1.807) is 45.0 Å². The monoisotopic (exact) mass is 428 g/mol. The molecule has 0 aliphatic carbocycles. The summed E-state index contributed by atoms with van der Waals surface area (Å²) >= 11 is 5.86. The summed E-state index contributed by atoms with van der Waals surface area (Å²) < 4.78 is 40.3. The van der Waals surface area contributed by atoms with Crippen molar-refractivity contribution in [2.24, 2.45) is 5.73 Å². The Morgan fingerprint density at radius 1 is 1.10 bits per heavy atom. The van der Waals surface area contributed by atoms with Crippen LogP contribution < -0.4 is 5.73 Å². The minimum atomic E-state index is -1.30. The van der Waals surface area contributed by atoms with Crippen molar-refractivity contribution in [3.63, 3.8) is 0 Å². The van der Waals surface area contributed by atoms with E-state index in [-0.39, 0.29) is 24.4 Å². The van der Waals surface area contributed by atoms with Gasteiger partial charge in [0.1, 0.15) is 5.82 Å². The number of rotatable bonds is 6. The Bertz CT molecular complexity index is 869. The van der Waals surface area contributed by atoms with Crippen LogP contribution in [0.1, 0.15) is 36.7 Å². The van der Waals surface area contributed by atoms with Gasteiger partial charge < -0.3 is 15.7 Å². The average Bonchev–Trinajstić information content (AvgIpc) is 2.63. The second kappa shape index (κ2) is 9.15. The Kier molecular flexibility index (Phi) is 7.32. The van der Waals surface area contributed by atoms with E-state index in [1.165, 1.54) is 4.90 Å². The largest absolute Gasteiger partial charge is 0.390 e. The first-order valence-corrected chi connectivity index (χ1v) is 9.42. The molecule has 2 rings (SSSR count). The van der Waals surface area contributed by atoms with Crippen molar-refractivity contribution < 1.29 is 23.1 Å².